The maximum Gasteiger partial charge on any atom is 0.255 e. The predicted octanol–water partition coefficient (Wildman–Crippen LogP) is 3.59. The molecule has 0 aliphatic rings. The van der Waals surface area contributed by atoms with E-state index in [4.69, 9.17) is 0 Å². The van der Waals surface area contributed by atoms with Crippen molar-refractivity contribution in [1.29, 1.82) is 0 Å². The number of rotatable bonds is 6. The van der Waals surface area contributed by atoms with Gasteiger partial charge in [0.05, 0.1) is 4.90 Å². The van der Waals surface area contributed by atoms with Crippen LogP contribution in [0.1, 0.15) is 35.3 Å². The van der Waals surface area contributed by atoms with E-state index in [0.29, 0.717) is 18.7 Å². The molecule has 1 N–H and O–H groups in total. The van der Waals surface area contributed by atoms with Crippen molar-refractivity contribution in [3.05, 3.63) is 59.2 Å². The summed E-state index contributed by atoms with van der Waals surface area (Å²) in [7, 11) is -3.59. The molecule has 2 aromatic carbocycles. The number of nitrogens with one attached hydrogen (secondary N) is 1. The Morgan fingerprint density at radius 3 is 2.12 bits per heavy atom. The second kappa shape index (κ2) is 7.80. The molecule has 0 saturated carbocycles. The van der Waals surface area contributed by atoms with Crippen LogP contribution in [0.25, 0.3) is 0 Å². The first-order valence-corrected chi connectivity index (χ1v) is 9.73. The highest BCUT2D eigenvalue weighted by Crippen LogP contribution is 2.22. The molecule has 0 unspecified atom stereocenters. The lowest BCUT2D eigenvalue weighted by molar-refractivity contribution is 0.102. The second-order valence-electron chi connectivity index (χ2n) is 5.84. The van der Waals surface area contributed by atoms with E-state index < -0.39 is 10.0 Å². The van der Waals surface area contributed by atoms with Crippen molar-refractivity contribution in [1.82, 2.24) is 4.31 Å². The molecule has 0 aromatic heterocycles. The number of para-hydroxylation sites is 1. The van der Waals surface area contributed by atoms with Crippen LogP contribution in [-0.2, 0) is 10.0 Å². The first kappa shape index (κ1) is 19.1. The van der Waals surface area contributed by atoms with Gasteiger partial charge >= 0.3 is 0 Å². The molecule has 25 heavy (non-hydrogen) atoms. The summed E-state index contributed by atoms with van der Waals surface area (Å²) in [6.07, 6.45) is 0. The maximum atomic E-state index is 12.6. The molecule has 0 spiro atoms. The Kier molecular flexibility index (Phi) is 5.98. The number of nitrogens with zero attached hydrogens (tertiary/aromatic N) is 1. The number of benzene rings is 2. The Balaban J connectivity index is 2.34. The first-order valence-electron chi connectivity index (χ1n) is 8.29. The second-order valence-corrected chi connectivity index (χ2v) is 7.78. The largest absolute Gasteiger partial charge is 0.322 e. The zero-order valence-corrected chi connectivity index (χ0v) is 15.9. The molecule has 0 aliphatic carbocycles. The Morgan fingerprint density at radius 2 is 1.56 bits per heavy atom. The number of aryl methyl sites for hydroxylation is 2. The summed E-state index contributed by atoms with van der Waals surface area (Å²) in [6, 6.07) is 11.9. The zero-order chi connectivity index (χ0) is 18.6. The molecule has 0 bridgehead atoms. The third kappa shape index (κ3) is 4.08. The van der Waals surface area contributed by atoms with Gasteiger partial charge in [-0.15, -0.1) is 0 Å². The van der Waals surface area contributed by atoms with Crippen LogP contribution in [0.2, 0.25) is 0 Å². The Labute approximate surface area is 149 Å². The van der Waals surface area contributed by atoms with Crippen LogP contribution < -0.4 is 5.32 Å². The van der Waals surface area contributed by atoms with Crippen LogP contribution in [0.15, 0.2) is 47.4 Å². The number of sulfonamides is 1. The lowest BCUT2D eigenvalue weighted by Gasteiger charge is -2.19. The molecule has 2 aromatic rings. The van der Waals surface area contributed by atoms with E-state index in [0.717, 1.165) is 16.8 Å². The maximum absolute atomic E-state index is 12.6. The van der Waals surface area contributed by atoms with E-state index in [-0.39, 0.29) is 10.8 Å². The first-order chi connectivity index (χ1) is 11.8. The molecule has 0 radical (unpaired) electrons. The molecule has 2 rings (SSSR count). The average molecular weight is 360 g/mol. The van der Waals surface area contributed by atoms with Gasteiger partial charge in [0, 0.05) is 24.3 Å². The van der Waals surface area contributed by atoms with E-state index in [1.807, 2.05) is 32.0 Å². The monoisotopic (exact) mass is 360 g/mol. The van der Waals surface area contributed by atoms with Gasteiger partial charge in [-0.3, -0.25) is 4.79 Å². The highest BCUT2D eigenvalue weighted by Gasteiger charge is 2.22. The van der Waals surface area contributed by atoms with Gasteiger partial charge in [-0.25, -0.2) is 8.42 Å². The van der Waals surface area contributed by atoms with Gasteiger partial charge in [0.2, 0.25) is 10.0 Å². The van der Waals surface area contributed by atoms with Crippen LogP contribution >= 0.6 is 0 Å². The van der Waals surface area contributed by atoms with Crippen LogP contribution in [0.4, 0.5) is 5.69 Å². The summed E-state index contributed by atoms with van der Waals surface area (Å²) in [4.78, 5) is 12.7. The van der Waals surface area contributed by atoms with Gasteiger partial charge in [0.15, 0.2) is 0 Å². The SMILES string of the molecule is CCN(CC)S(=O)(=O)c1cccc(C(=O)Nc2c(C)cccc2C)c1. The van der Waals surface area contributed by atoms with Gasteiger partial charge in [-0.2, -0.15) is 4.31 Å². The standard InChI is InChI=1S/C19H24N2O3S/c1-5-21(6-2)25(23,24)17-12-8-11-16(13-17)19(22)20-18-14(3)9-7-10-15(18)4/h7-13H,5-6H2,1-4H3,(H,20,22). The number of anilines is 1. The van der Waals surface area contributed by atoms with E-state index >= 15 is 0 Å². The van der Waals surface area contributed by atoms with Gasteiger partial charge in [0.25, 0.3) is 5.91 Å². The molecule has 5 nitrogen and oxygen atoms in total. The highest BCUT2D eigenvalue weighted by atomic mass is 32.2. The van der Waals surface area contributed by atoms with E-state index in [1.54, 1.807) is 26.0 Å². The smallest absolute Gasteiger partial charge is 0.255 e. The van der Waals surface area contributed by atoms with Crippen molar-refractivity contribution >= 4 is 21.6 Å². The molecule has 6 heteroatoms. The topological polar surface area (TPSA) is 66.5 Å². The Hall–Kier alpha value is -2.18. The lowest BCUT2D eigenvalue weighted by Crippen LogP contribution is -2.30. The van der Waals surface area contributed by atoms with Crippen LogP contribution in [0.3, 0.4) is 0 Å². The van der Waals surface area contributed by atoms with Crippen molar-refractivity contribution in [2.75, 3.05) is 18.4 Å². The minimum absolute atomic E-state index is 0.130. The minimum Gasteiger partial charge on any atom is -0.322 e. The van der Waals surface area contributed by atoms with E-state index in [9.17, 15) is 13.2 Å². The summed E-state index contributed by atoms with van der Waals surface area (Å²) in [5, 5.41) is 2.88. The highest BCUT2D eigenvalue weighted by molar-refractivity contribution is 7.89. The Bertz CT molecular complexity index is 852. The van der Waals surface area contributed by atoms with Gasteiger partial charge in [0.1, 0.15) is 0 Å². The average Bonchev–Trinajstić information content (AvgIpc) is 2.59. The third-order valence-electron chi connectivity index (χ3n) is 4.16. The quantitative estimate of drug-likeness (QED) is 0.856. The number of carbonyl (C=O) groups excluding carboxylic acids is 1. The van der Waals surface area contributed by atoms with Crippen molar-refractivity contribution in [2.24, 2.45) is 0 Å². The number of hydrogen-bond acceptors (Lipinski definition) is 3. The predicted molar refractivity (Wildman–Crippen MR) is 100 cm³/mol. The normalized spacial score (nSPS) is 11.6. The van der Waals surface area contributed by atoms with Gasteiger partial charge < -0.3 is 5.32 Å². The molecular formula is C19H24N2O3S. The lowest BCUT2D eigenvalue weighted by atomic mass is 10.1. The molecule has 1 amide bonds. The molecule has 134 valence electrons. The molecule has 0 saturated heterocycles. The molecular weight excluding hydrogens is 336 g/mol. The van der Waals surface area contributed by atoms with E-state index in [2.05, 4.69) is 5.32 Å². The van der Waals surface area contributed by atoms with E-state index in [1.165, 1.54) is 16.4 Å². The van der Waals surface area contributed by atoms with Crippen LogP contribution in [0.5, 0.6) is 0 Å². The van der Waals surface area contributed by atoms with Gasteiger partial charge in [-0.1, -0.05) is 38.1 Å². The van der Waals surface area contributed by atoms with Crippen molar-refractivity contribution in [2.45, 2.75) is 32.6 Å². The minimum atomic E-state index is -3.59. The van der Waals surface area contributed by atoms with Crippen molar-refractivity contribution < 1.29 is 13.2 Å². The summed E-state index contributed by atoms with van der Waals surface area (Å²) in [5.74, 6) is -0.325. The molecule has 0 atom stereocenters. The number of hydrogen-bond donors (Lipinski definition) is 1. The number of amides is 1. The van der Waals surface area contributed by atoms with Gasteiger partial charge in [-0.05, 0) is 43.2 Å². The van der Waals surface area contributed by atoms with Crippen molar-refractivity contribution in [3.63, 3.8) is 0 Å². The van der Waals surface area contributed by atoms with Crippen LogP contribution in [0, 0.1) is 13.8 Å². The molecule has 0 fully saturated rings. The summed E-state index contributed by atoms with van der Waals surface area (Å²) < 4.78 is 26.6. The fourth-order valence-electron chi connectivity index (χ4n) is 2.71. The number of carbonyl (C=O) groups is 1. The summed E-state index contributed by atoms with van der Waals surface area (Å²) >= 11 is 0. The summed E-state index contributed by atoms with van der Waals surface area (Å²) in [5.41, 5.74) is 2.99. The zero-order valence-electron chi connectivity index (χ0n) is 15.0. The Morgan fingerprint density at radius 1 is 1.00 bits per heavy atom. The molecule has 0 heterocycles. The molecule has 0 aliphatic heterocycles. The summed E-state index contributed by atoms with van der Waals surface area (Å²) in [6.45, 7) is 8.19. The fourth-order valence-corrected chi connectivity index (χ4v) is 4.21. The fraction of sp³-hybridized carbons (Fsp3) is 0.316. The van der Waals surface area contributed by atoms with Crippen molar-refractivity contribution in [3.8, 4) is 0 Å². The van der Waals surface area contributed by atoms with Crippen LogP contribution in [-0.4, -0.2) is 31.7 Å². The third-order valence-corrected chi connectivity index (χ3v) is 6.20.